The molecule has 0 unspecified atom stereocenters. The van der Waals surface area contributed by atoms with E-state index in [2.05, 4.69) is 30.5 Å². The highest BCUT2D eigenvalue weighted by atomic mass is 16.5. The smallest absolute Gasteiger partial charge is 0.243 e. The van der Waals surface area contributed by atoms with Crippen LogP contribution in [0.5, 0.6) is 5.75 Å². The topological polar surface area (TPSA) is 50.4 Å². The molecular formula is C19H24N2O2. The van der Waals surface area contributed by atoms with Gasteiger partial charge in [0.25, 0.3) is 0 Å². The molecule has 23 heavy (non-hydrogen) atoms. The minimum absolute atomic E-state index is 0.0762. The molecule has 4 nitrogen and oxygen atoms in total. The summed E-state index contributed by atoms with van der Waals surface area (Å²) in [5.74, 6) is 1.13. The lowest BCUT2D eigenvalue weighted by Gasteiger charge is -2.14. The minimum Gasteiger partial charge on any atom is -0.494 e. The number of hydrogen-bond acceptors (Lipinski definition) is 3. The normalized spacial score (nSPS) is 10.4. The zero-order valence-corrected chi connectivity index (χ0v) is 13.9. The van der Waals surface area contributed by atoms with Crippen molar-refractivity contribution < 1.29 is 9.53 Å². The molecule has 0 spiro atoms. The van der Waals surface area contributed by atoms with Gasteiger partial charge in [-0.25, -0.2) is 0 Å². The molecule has 122 valence electrons. The van der Waals surface area contributed by atoms with Crippen molar-refractivity contribution >= 4 is 17.3 Å². The number of rotatable bonds is 7. The maximum atomic E-state index is 12.1. The van der Waals surface area contributed by atoms with Crippen LogP contribution in [0.15, 0.2) is 48.5 Å². The molecule has 0 aliphatic carbocycles. The number of para-hydroxylation sites is 1. The van der Waals surface area contributed by atoms with Crippen LogP contribution < -0.4 is 15.4 Å². The van der Waals surface area contributed by atoms with Crippen molar-refractivity contribution in [2.24, 2.45) is 0 Å². The van der Waals surface area contributed by atoms with Gasteiger partial charge in [0.1, 0.15) is 5.75 Å². The van der Waals surface area contributed by atoms with E-state index in [1.165, 1.54) is 5.56 Å². The average Bonchev–Trinajstić information content (AvgIpc) is 2.55. The predicted octanol–water partition coefficient (Wildman–Crippen LogP) is 4.26. The van der Waals surface area contributed by atoms with Crippen LogP contribution in [0.4, 0.5) is 11.4 Å². The number of hydrogen-bond donors (Lipinski definition) is 2. The third-order valence-electron chi connectivity index (χ3n) is 3.47. The van der Waals surface area contributed by atoms with Gasteiger partial charge in [-0.2, -0.15) is 0 Å². The Bertz CT molecular complexity index is 636. The van der Waals surface area contributed by atoms with Crippen LogP contribution in [-0.4, -0.2) is 19.1 Å². The molecule has 1 amide bonds. The SMILES string of the molecule is CCOc1ccc(NC(=O)CNc2ccccc2C(C)C)cc1. The van der Waals surface area contributed by atoms with E-state index >= 15 is 0 Å². The van der Waals surface area contributed by atoms with Gasteiger partial charge in [-0.05, 0) is 48.7 Å². The summed E-state index contributed by atoms with van der Waals surface area (Å²) in [7, 11) is 0. The highest BCUT2D eigenvalue weighted by Crippen LogP contribution is 2.23. The van der Waals surface area contributed by atoms with Crippen LogP contribution in [0.2, 0.25) is 0 Å². The van der Waals surface area contributed by atoms with E-state index in [1.807, 2.05) is 49.4 Å². The van der Waals surface area contributed by atoms with Gasteiger partial charge in [0.05, 0.1) is 13.2 Å². The summed E-state index contributed by atoms with van der Waals surface area (Å²) in [6, 6.07) is 15.4. The monoisotopic (exact) mass is 312 g/mol. The van der Waals surface area contributed by atoms with Gasteiger partial charge >= 0.3 is 0 Å². The molecule has 0 fully saturated rings. The Morgan fingerprint density at radius 2 is 1.78 bits per heavy atom. The summed E-state index contributed by atoms with van der Waals surface area (Å²) in [4.78, 5) is 12.1. The fraction of sp³-hybridized carbons (Fsp3) is 0.316. The zero-order chi connectivity index (χ0) is 16.7. The third kappa shape index (κ3) is 5.02. The lowest BCUT2D eigenvalue weighted by molar-refractivity contribution is -0.114. The molecule has 0 bridgehead atoms. The number of carbonyl (C=O) groups excluding carboxylic acids is 1. The van der Waals surface area contributed by atoms with E-state index in [9.17, 15) is 4.79 Å². The Morgan fingerprint density at radius 1 is 1.09 bits per heavy atom. The van der Waals surface area contributed by atoms with E-state index in [0.717, 1.165) is 17.1 Å². The third-order valence-corrected chi connectivity index (χ3v) is 3.47. The quantitative estimate of drug-likeness (QED) is 0.803. The van der Waals surface area contributed by atoms with Gasteiger partial charge in [0.15, 0.2) is 0 Å². The number of anilines is 2. The number of nitrogens with one attached hydrogen (secondary N) is 2. The molecule has 2 rings (SSSR count). The van der Waals surface area contributed by atoms with Crippen LogP contribution in [0.3, 0.4) is 0 Å². The Morgan fingerprint density at radius 3 is 2.43 bits per heavy atom. The molecule has 0 atom stereocenters. The van der Waals surface area contributed by atoms with Crippen LogP contribution in [0, 0.1) is 0 Å². The van der Waals surface area contributed by atoms with Crippen molar-refractivity contribution in [3.8, 4) is 5.75 Å². The van der Waals surface area contributed by atoms with E-state index in [0.29, 0.717) is 12.5 Å². The summed E-state index contributed by atoms with van der Waals surface area (Å²) < 4.78 is 5.38. The van der Waals surface area contributed by atoms with Gasteiger partial charge in [-0.15, -0.1) is 0 Å². The highest BCUT2D eigenvalue weighted by Gasteiger charge is 2.07. The lowest BCUT2D eigenvalue weighted by atomic mass is 10.0. The highest BCUT2D eigenvalue weighted by molar-refractivity contribution is 5.93. The average molecular weight is 312 g/mol. The Hall–Kier alpha value is -2.49. The summed E-state index contributed by atoms with van der Waals surface area (Å²) in [5.41, 5.74) is 2.98. The molecule has 0 aliphatic heterocycles. The molecule has 2 aromatic carbocycles. The Kier molecular flexibility index (Phi) is 6.03. The fourth-order valence-electron chi connectivity index (χ4n) is 2.34. The standard InChI is InChI=1S/C19H24N2O2/c1-4-23-16-11-9-15(10-12-16)21-19(22)13-20-18-8-6-5-7-17(18)14(2)3/h5-12,14,20H,4,13H2,1-3H3,(H,21,22). The number of ether oxygens (including phenoxy) is 1. The maximum Gasteiger partial charge on any atom is 0.243 e. The van der Waals surface area contributed by atoms with Crippen LogP contribution in [0.1, 0.15) is 32.3 Å². The molecule has 0 radical (unpaired) electrons. The van der Waals surface area contributed by atoms with E-state index in [4.69, 9.17) is 4.74 Å². The van der Waals surface area contributed by atoms with Crippen LogP contribution >= 0.6 is 0 Å². The van der Waals surface area contributed by atoms with Crippen molar-refractivity contribution in [1.82, 2.24) is 0 Å². The first kappa shape index (κ1) is 16.9. The van der Waals surface area contributed by atoms with Gasteiger partial charge in [0.2, 0.25) is 5.91 Å². The zero-order valence-electron chi connectivity index (χ0n) is 13.9. The first-order valence-electron chi connectivity index (χ1n) is 7.95. The van der Waals surface area contributed by atoms with Gasteiger partial charge in [0, 0.05) is 11.4 Å². The summed E-state index contributed by atoms with van der Waals surface area (Å²) in [6.45, 7) is 7.08. The number of carbonyl (C=O) groups is 1. The molecule has 2 aromatic rings. The van der Waals surface area contributed by atoms with E-state index < -0.39 is 0 Å². The Labute approximate surface area is 137 Å². The second-order valence-electron chi connectivity index (χ2n) is 5.60. The lowest BCUT2D eigenvalue weighted by Crippen LogP contribution is -2.22. The van der Waals surface area contributed by atoms with Gasteiger partial charge < -0.3 is 15.4 Å². The minimum atomic E-state index is -0.0762. The summed E-state index contributed by atoms with van der Waals surface area (Å²) in [6.07, 6.45) is 0. The number of amides is 1. The van der Waals surface area contributed by atoms with Crippen LogP contribution in [-0.2, 0) is 4.79 Å². The van der Waals surface area contributed by atoms with Gasteiger partial charge in [-0.1, -0.05) is 32.0 Å². The van der Waals surface area contributed by atoms with Crippen molar-refractivity contribution in [2.75, 3.05) is 23.8 Å². The van der Waals surface area contributed by atoms with Crippen LogP contribution in [0.25, 0.3) is 0 Å². The largest absolute Gasteiger partial charge is 0.494 e. The number of benzene rings is 2. The van der Waals surface area contributed by atoms with E-state index in [1.54, 1.807) is 0 Å². The molecule has 0 saturated carbocycles. The molecule has 4 heteroatoms. The summed E-state index contributed by atoms with van der Waals surface area (Å²) >= 11 is 0. The second kappa shape index (κ2) is 8.22. The molecule has 0 saturated heterocycles. The molecule has 0 aromatic heterocycles. The summed E-state index contributed by atoms with van der Waals surface area (Å²) in [5, 5.41) is 6.08. The molecule has 0 aliphatic rings. The maximum absolute atomic E-state index is 12.1. The van der Waals surface area contributed by atoms with Gasteiger partial charge in [-0.3, -0.25) is 4.79 Å². The van der Waals surface area contributed by atoms with Crippen molar-refractivity contribution in [3.05, 3.63) is 54.1 Å². The second-order valence-corrected chi connectivity index (χ2v) is 5.60. The first-order chi connectivity index (χ1) is 11.1. The van der Waals surface area contributed by atoms with Crippen molar-refractivity contribution in [2.45, 2.75) is 26.7 Å². The molecular weight excluding hydrogens is 288 g/mol. The Balaban J connectivity index is 1.90. The van der Waals surface area contributed by atoms with Crippen molar-refractivity contribution in [3.63, 3.8) is 0 Å². The van der Waals surface area contributed by atoms with Crippen molar-refractivity contribution in [1.29, 1.82) is 0 Å². The predicted molar refractivity (Wildman–Crippen MR) is 95.3 cm³/mol. The molecule has 0 heterocycles. The fourth-order valence-corrected chi connectivity index (χ4v) is 2.34. The molecule has 2 N–H and O–H groups in total. The first-order valence-corrected chi connectivity index (χ1v) is 7.95. The van der Waals surface area contributed by atoms with E-state index in [-0.39, 0.29) is 12.5 Å².